The zero-order chi connectivity index (χ0) is 7.12. The normalized spacial score (nSPS) is 23.9. The third-order valence-corrected chi connectivity index (χ3v) is 3.69. The van der Waals surface area contributed by atoms with E-state index in [9.17, 15) is 4.57 Å². The molecule has 1 fully saturated rings. The number of nitrogens with two attached hydrogens (primary N) is 1. The highest BCUT2D eigenvalue weighted by Crippen LogP contribution is 2.64. The molecule has 0 aromatic heterocycles. The van der Waals surface area contributed by atoms with Crippen molar-refractivity contribution in [1.29, 1.82) is 0 Å². The van der Waals surface area contributed by atoms with Gasteiger partial charge in [0, 0.05) is 6.54 Å². The van der Waals surface area contributed by atoms with Crippen molar-refractivity contribution in [3.8, 4) is 0 Å². The quantitative estimate of drug-likeness (QED) is 0.471. The van der Waals surface area contributed by atoms with Crippen molar-refractivity contribution in [3.63, 3.8) is 0 Å². The van der Waals surface area contributed by atoms with Gasteiger partial charge in [-0.3, -0.25) is 4.57 Å². The SMILES string of the molecule is NCC1(P(=O)(O)O)CC1. The van der Waals surface area contributed by atoms with E-state index in [1.54, 1.807) is 0 Å². The molecule has 4 N–H and O–H groups in total. The molecule has 0 aliphatic heterocycles. The highest BCUT2D eigenvalue weighted by Gasteiger charge is 2.55. The molecule has 9 heavy (non-hydrogen) atoms. The number of hydrogen-bond acceptors (Lipinski definition) is 2. The summed E-state index contributed by atoms with van der Waals surface area (Å²) < 4.78 is 10.6. The average Bonchev–Trinajstić information content (AvgIpc) is 2.40. The molecule has 0 amide bonds. The minimum Gasteiger partial charge on any atom is -0.329 e. The van der Waals surface area contributed by atoms with Crippen LogP contribution >= 0.6 is 7.60 Å². The third kappa shape index (κ3) is 1.03. The molecular weight excluding hydrogens is 141 g/mol. The predicted octanol–water partition coefficient (Wildman–Crippen LogP) is -0.345. The Labute approximate surface area is 53.2 Å². The molecule has 54 valence electrons. The lowest BCUT2D eigenvalue weighted by Gasteiger charge is -2.12. The van der Waals surface area contributed by atoms with Crippen LogP contribution in [0.1, 0.15) is 12.8 Å². The maximum atomic E-state index is 10.6. The molecular formula is C4H10NO3P. The second kappa shape index (κ2) is 1.80. The van der Waals surface area contributed by atoms with Gasteiger partial charge < -0.3 is 15.5 Å². The minimum atomic E-state index is -3.88. The summed E-state index contributed by atoms with van der Waals surface area (Å²) in [5.41, 5.74) is 5.16. The first-order valence-electron chi connectivity index (χ1n) is 2.78. The van der Waals surface area contributed by atoms with Gasteiger partial charge in [0.15, 0.2) is 0 Å². The molecule has 0 bridgehead atoms. The van der Waals surface area contributed by atoms with Gasteiger partial charge in [0.25, 0.3) is 0 Å². The highest BCUT2D eigenvalue weighted by molar-refractivity contribution is 7.54. The Hall–Kier alpha value is 0.110. The molecule has 0 radical (unpaired) electrons. The molecule has 0 heterocycles. The molecule has 1 rings (SSSR count). The summed E-state index contributed by atoms with van der Waals surface area (Å²) in [6, 6.07) is 0. The van der Waals surface area contributed by atoms with E-state index >= 15 is 0 Å². The van der Waals surface area contributed by atoms with Gasteiger partial charge in [0.05, 0.1) is 5.16 Å². The fraction of sp³-hybridized carbons (Fsp3) is 1.00. The Morgan fingerprint density at radius 2 is 2.00 bits per heavy atom. The Balaban J connectivity index is 2.72. The van der Waals surface area contributed by atoms with Crippen molar-refractivity contribution in [2.75, 3.05) is 6.54 Å². The van der Waals surface area contributed by atoms with E-state index in [2.05, 4.69) is 0 Å². The van der Waals surface area contributed by atoms with Crippen LogP contribution in [0, 0.1) is 0 Å². The summed E-state index contributed by atoms with van der Waals surface area (Å²) in [5, 5.41) is -0.826. The standard InChI is InChI=1S/C4H10NO3P/c5-3-4(1-2-4)9(6,7)8/h1-3,5H2,(H2,6,7,8). The predicted molar refractivity (Wildman–Crippen MR) is 33.1 cm³/mol. The Morgan fingerprint density at radius 3 is 2.00 bits per heavy atom. The molecule has 0 atom stereocenters. The highest BCUT2D eigenvalue weighted by atomic mass is 31.2. The number of hydrogen-bond donors (Lipinski definition) is 3. The van der Waals surface area contributed by atoms with E-state index in [1.807, 2.05) is 0 Å². The van der Waals surface area contributed by atoms with Crippen LogP contribution in [0.25, 0.3) is 0 Å². The molecule has 1 aliphatic carbocycles. The topological polar surface area (TPSA) is 83.6 Å². The molecule has 0 aromatic rings. The van der Waals surface area contributed by atoms with Gasteiger partial charge >= 0.3 is 7.60 Å². The Bertz CT molecular complexity index is 159. The lowest BCUT2D eigenvalue weighted by molar-refractivity contribution is 0.355. The van der Waals surface area contributed by atoms with Gasteiger partial charge in [0.1, 0.15) is 0 Å². The molecule has 1 aliphatic rings. The summed E-state index contributed by atoms with van der Waals surface area (Å²) in [4.78, 5) is 17.3. The van der Waals surface area contributed by atoms with Crippen LogP contribution in [0.15, 0.2) is 0 Å². The molecule has 0 spiro atoms. The fourth-order valence-corrected chi connectivity index (χ4v) is 1.69. The molecule has 0 aromatic carbocycles. The average molecular weight is 151 g/mol. The molecule has 4 nitrogen and oxygen atoms in total. The van der Waals surface area contributed by atoms with Gasteiger partial charge in [-0.1, -0.05) is 0 Å². The monoisotopic (exact) mass is 151 g/mol. The minimum absolute atomic E-state index is 0.108. The van der Waals surface area contributed by atoms with Crippen LogP contribution in [0.2, 0.25) is 0 Å². The van der Waals surface area contributed by atoms with E-state index in [4.69, 9.17) is 15.5 Å². The van der Waals surface area contributed by atoms with E-state index in [-0.39, 0.29) is 6.54 Å². The van der Waals surface area contributed by atoms with Gasteiger partial charge in [-0.2, -0.15) is 0 Å². The summed E-state index contributed by atoms with van der Waals surface area (Å²) in [6.07, 6.45) is 1.15. The first-order chi connectivity index (χ1) is 4.02. The van der Waals surface area contributed by atoms with Crippen LogP contribution in [0.5, 0.6) is 0 Å². The maximum absolute atomic E-state index is 10.6. The van der Waals surface area contributed by atoms with E-state index in [1.165, 1.54) is 0 Å². The molecule has 0 saturated heterocycles. The second-order valence-corrected chi connectivity index (χ2v) is 4.51. The van der Waals surface area contributed by atoms with Crippen molar-refractivity contribution < 1.29 is 14.4 Å². The summed E-state index contributed by atoms with van der Waals surface area (Å²) in [5.74, 6) is 0. The smallest absolute Gasteiger partial charge is 0.329 e. The first-order valence-corrected chi connectivity index (χ1v) is 4.39. The van der Waals surface area contributed by atoms with Crippen molar-refractivity contribution in [2.45, 2.75) is 18.0 Å². The third-order valence-electron chi connectivity index (χ3n) is 1.83. The van der Waals surface area contributed by atoms with Crippen molar-refractivity contribution in [3.05, 3.63) is 0 Å². The molecule has 1 saturated carbocycles. The summed E-state index contributed by atoms with van der Waals surface area (Å²) >= 11 is 0. The number of rotatable bonds is 2. The summed E-state index contributed by atoms with van der Waals surface area (Å²) in [6.45, 7) is 0.108. The van der Waals surface area contributed by atoms with Crippen LogP contribution < -0.4 is 5.73 Å². The van der Waals surface area contributed by atoms with E-state index < -0.39 is 12.8 Å². The van der Waals surface area contributed by atoms with E-state index in [0.717, 1.165) is 0 Å². The van der Waals surface area contributed by atoms with Gasteiger partial charge in [0.2, 0.25) is 0 Å². The fourth-order valence-electron chi connectivity index (χ4n) is 0.759. The van der Waals surface area contributed by atoms with E-state index in [0.29, 0.717) is 12.8 Å². The van der Waals surface area contributed by atoms with Crippen molar-refractivity contribution in [1.82, 2.24) is 0 Å². The van der Waals surface area contributed by atoms with Crippen molar-refractivity contribution in [2.24, 2.45) is 5.73 Å². The maximum Gasteiger partial charge on any atom is 0.332 e. The van der Waals surface area contributed by atoms with Crippen LogP contribution in [-0.2, 0) is 4.57 Å². The lowest BCUT2D eigenvalue weighted by atomic mass is 10.4. The van der Waals surface area contributed by atoms with Gasteiger partial charge in [-0.15, -0.1) is 0 Å². The van der Waals surface area contributed by atoms with Crippen LogP contribution in [-0.4, -0.2) is 21.5 Å². The van der Waals surface area contributed by atoms with Gasteiger partial charge in [-0.25, -0.2) is 0 Å². The lowest BCUT2D eigenvalue weighted by Crippen LogP contribution is -2.21. The molecule has 0 unspecified atom stereocenters. The Kier molecular flexibility index (Phi) is 1.44. The zero-order valence-electron chi connectivity index (χ0n) is 4.95. The molecule has 5 heteroatoms. The van der Waals surface area contributed by atoms with Gasteiger partial charge in [-0.05, 0) is 12.8 Å². The Morgan fingerprint density at radius 1 is 1.56 bits per heavy atom. The largest absolute Gasteiger partial charge is 0.332 e. The van der Waals surface area contributed by atoms with Crippen molar-refractivity contribution >= 4 is 7.60 Å². The second-order valence-electron chi connectivity index (χ2n) is 2.47. The first kappa shape index (κ1) is 7.22. The van der Waals surface area contributed by atoms with Crippen LogP contribution in [0.3, 0.4) is 0 Å². The summed E-state index contributed by atoms with van der Waals surface area (Å²) in [7, 11) is -3.88. The zero-order valence-corrected chi connectivity index (χ0v) is 5.84. The van der Waals surface area contributed by atoms with Crippen LogP contribution in [0.4, 0.5) is 0 Å².